The number of hydrogen-bond donors (Lipinski definition) is 0. The zero-order valence-electron chi connectivity index (χ0n) is 21.5. The summed E-state index contributed by atoms with van der Waals surface area (Å²) in [5, 5.41) is 9.78. The van der Waals surface area contributed by atoms with Crippen LogP contribution in [0.3, 0.4) is 0 Å². The molecule has 0 heterocycles. The van der Waals surface area contributed by atoms with Gasteiger partial charge >= 0.3 is 209 Å². The van der Waals surface area contributed by atoms with E-state index in [0.29, 0.717) is 0 Å². The van der Waals surface area contributed by atoms with Crippen molar-refractivity contribution >= 4 is 23.6 Å². The molecule has 33 heavy (non-hydrogen) atoms. The second-order valence-electron chi connectivity index (χ2n) is 10.1. The average molecular weight is 486 g/mol. The molecule has 0 amide bonds. The van der Waals surface area contributed by atoms with Crippen LogP contribution in [-0.2, 0) is 17.9 Å². The summed E-state index contributed by atoms with van der Waals surface area (Å²) in [5.41, 5.74) is 7.52. The van der Waals surface area contributed by atoms with Crippen molar-refractivity contribution in [2.45, 2.75) is 57.0 Å². The van der Waals surface area contributed by atoms with Gasteiger partial charge in [0.2, 0.25) is 0 Å². The van der Waals surface area contributed by atoms with Gasteiger partial charge in [0.05, 0.1) is 0 Å². The normalized spacial score (nSPS) is 18.8. The Kier molecular flexibility index (Phi) is 6.62. The van der Waals surface area contributed by atoms with Crippen molar-refractivity contribution in [2.24, 2.45) is 0 Å². The fourth-order valence-electron chi connectivity index (χ4n) is 6.71. The summed E-state index contributed by atoms with van der Waals surface area (Å²) < 4.78 is 1.79. The van der Waals surface area contributed by atoms with E-state index < -0.39 is 25.9 Å². The van der Waals surface area contributed by atoms with E-state index in [1.807, 2.05) is 0 Å². The molecule has 0 saturated heterocycles. The fraction of sp³-hybridized carbons (Fsp3) is 0.290. The monoisotopic (exact) mass is 485 g/mol. The van der Waals surface area contributed by atoms with Crippen molar-refractivity contribution in [3.63, 3.8) is 0 Å². The van der Waals surface area contributed by atoms with E-state index in [1.165, 1.54) is 21.9 Å². The summed E-state index contributed by atoms with van der Waals surface area (Å²) in [4.78, 5) is 0. The molecular weight excluding hydrogens is 448 g/mol. The van der Waals surface area contributed by atoms with Crippen molar-refractivity contribution in [1.29, 1.82) is 0 Å². The second kappa shape index (κ2) is 9.02. The molecule has 4 rings (SSSR count). The number of benzene rings is 3. The molecule has 0 aliphatic heterocycles. The summed E-state index contributed by atoms with van der Waals surface area (Å²) >= 11 is -1.43. The predicted octanol–water partition coefficient (Wildman–Crippen LogP) is 6.87. The molecule has 1 atom stereocenters. The third kappa shape index (κ3) is 3.43. The van der Waals surface area contributed by atoms with Crippen LogP contribution >= 0.6 is 0 Å². The Labute approximate surface area is 208 Å². The molecule has 0 radical (unpaired) electrons. The Morgan fingerprint density at radius 1 is 0.606 bits per heavy atom. The van der Waals surface area contributed by atoms with E-state index >= 15 is 0 Å². The molecule has 0 saturated carbocycles. The summed E-state index contributed by atoms with van der Waals surface area (Å²) in [6, 6.07) is 30.0. The van der Waals surface area contributed by atoms with Crippen LogP contribution in [0.5, 0.6) is 0 Å². The Hall–Kier alpha value is -1.93. The number of hydrogen-bond acceptors (Lipinski definition) is 0. The molecule has 3 aromatic rings. The summed E-state index contributed by atoms with van der Waals surface area (Å²) in [7, 11) is -2.55. The van der Waals surface area contributed by atoms with Gasteiger partial charge in [-0.1, -0.05) is 0 Å². The minimum atomic E-state index is -2.55. The van der Waals surface area contributed by atoms with Crippen LogP contribution in [0.25, 0.3) is 0 Å². The van der Waals surface area contributed by atoms with E-state index in [1.54, 1.807) is 25.4 Å². The molecule has 0 aromatic heterocycles. The van der Waals surface area contributed by atoms with Gasteiger partial charge in [0.15, 0.2) is 0 Å². The summed E-state index contributed by atoms with van der Waals surface area (Å²) in [5.74, 6) is 0. The SMILES string of the molecule is CC1=C(C)C(C)([Si](c2ccccc2)(c2ccccc2C)c2ccccc2C)[C]([Ti]([CH3])[CH3])=C1C. The van der Waals surface area contributed by atoms with Crippen LogP contribution in [0, 0.1) is 13.8 Å². The molecule has 1 aliphatic rings. The van der Waals surface area contributed by atoms with E-state index in [9.17, 15) is 0 Å². The van der Waals surface area contributed by atoms with Crippen molar-refractivity contribution < 1.29 is 17.9 Å². The summed E-state index contributed by atoms with van der Waals surface area (Å²) in [6.45, 7) is 14.5. The third-order valence-corrected chi connectivity index (χ3v) is 17.7. The van der Waals surface area contributed by atoms with Crippen LogP contribution in [0.2, 0.25) is 15.5 Å². The molecule has 3 aromatic carbocycles. The molecule has 169 valence electrons. The maximum atomic E-state index is 2.62. The fourth-order valence-corrected chi connectivity index (χ4v) is 18.6. The standard InChI is InChI=1S/C29H31Si.2CH3.Ti/c1-21-14-10-12-18-27(21)30(26-16-8-7-9-17-26,28-19-13-11-15-22(28)2)29(6)20-23(3)24(4)25(29)5;;;/h7-19H,1-6H3;2*1H3;. The van der Waals surface area contributed by atoms with E-state index in [4.69, 9.17) is 0 Å². The average Bonchev–Trinajstić information content (AvgIpc) is 2.98. The Bertz CT molecular complexity index is 1200. The molecule has 1 aliphatic carbocycles. The number of allylic oxidation sites excluding steroid dienone is 4. The molecule has 0 spiro atoms. The van der Waals surface area contributed by atoms with Gasteiger partial charge in [0, 0.05) is 0 Å². The van der Waals surface area contributed by atoms with Crippen molar-refractivity contribution in [1.82, 2.24) is 0 Å². The van der Waals surface area contributed by atoms with Crippen LogP contribution in [0.15, 0.2) is 99.5 Å². The van der Waals surface area contributed by atoms with Gasteiger partial charge in [-0.15, -0.1) is 0 Å². The number of aryl methyl sites for hydroxylation is 2. The van der Waals surface area contributed by atoms with E-state index in [2.05, 4.69) is 131 Å². The van der Waals surface area contributed by atoms with E-state index in [0.717, 1.165) is 0 Å². The maximum absolute atomic E-state index is 2.62. The molecule has 0 nitrogen and oxygen atoms in total. The third-order valence-electron chi connectivity index (χ3n) is 8.30. The van der Waals surface area contributed by atoms with Gasteiger partial charge in [-0.25, -0.2) is 0 Å². The molecular formula is C31H37SiTi. The van der Waals surface area contributed by atoms with E-state index in [-0.39, 0.29) is 5.04 Å². The Morgan fingerprint density at radius 2 is 1.06 bits per heavy atom. The Morgan fingerprint density at radius 3 is 1.52 bits per heavy atom. The topological polar surface area (TPSA) is 0 Å². The second-order valence-corrected chi connectivity index (χ2v) is 18.2. The number of rotatable bonds is 5. The minimum absolute atomic E-state index is 0.0135. The van der Waals surface area contributed by atoms with Gasteiger partial charge in [-0.05, 0) is 0 Å². The van der Waals surface area contributed by atoms with Crippen molar-refractivity contribution in [3.05, 3.63) is 111 Å². The van der Waals surface area contributed by atoms with Gasteiger partial charge < -0.3 is 0 Å². The van der Waals surface area contributed by atoms with Gasteiger partial charge in [0.25, 0.3) is 0 Å². The zero-order chi connectivity index (χ0) is 24.0. The Balaban J connectivity index is 2.32. The predicted molar refractivity (Wildman–Crippen MR) is 145 cm³/mol. The van der Waals surface area contributed by atoms with Gasteiger partial charge in [-0.3, -0.25) is 0 Å². The van der Waals surface area contributed by atoms with Crippen LogP contribution in [0.4, 0.5) is 0 Å². The molecule has 2 heteroatoms. The zero-order valence-corrected chi connectivity index (χ0v) is 24.1. The van der Waals surface area contributed by atoms with Crippen molar-refractivity contribution in [3.8, 4) is 0 Å². The molecule has 0 N–H and O–H groups in total. The van der Waals surface area contributed by atoms with Crippen LogP contribution in [0.1, 0.15) is 38.8 Å². The van der Waals surface area contributed by atoms with Crippen LogP contribution in [-0.4, -0.2) is 8.07 Å². The van der Waals surface area contributed by atoms with Gasteiger partial charge in [0.1, 0.15) is 0 Å². The summed E-state index contributed by atoms with van der Waals surface area (Å²) in [6.07, 6.45) is 0. The molecule has 0 fully saturated rings. The quantitative estimate of drug-likeness (QED) is 0.273. The first kappa shape index (κ1) is 24.2. The van der Waals surface area contributed by atoms with Gasteiger partial charge in [-0.2, -0.15) is 0 Å². The molecule has 0 bridgehead atoms. The van der Waals surface area contributed by atoms with Crippen LogP contribution < -0.4 is 15.6 Å². The first-order chi connectivity index (χ1) is 15.7. The molecule has 1 unspecified atom stereocenters. The first-order valence-corrected chi connectivity index (χ1v) is 18.0. The first-order valence-electron chi connectivity index (χ1n) is 12.1. The van der Waals surface area contributed by atoms with Crippen molar-refractivity contribution in [2.75, 3.05) is 0 Å².